The van der Waals surface area contributed by atoms with Crippen LogP contribution in [0.4, 0.5) is 0 Å². The fraction of sp³-hybridized carbons (Fsp3) is 0.0909. The van der Waals surface area contributed by atoms with Gasteiger partial charge in [-0.15, -0.1) is 0 Å². The number of hydrogen-bond donors (Lipinski definition) is 0. The second-order valence-electron chi connectivity index (χ2n) is 3.18. The third-order valence-electron chi connectivity index (χ3n) is 2.01. The van der Waals surface area contributed by atoms with Crippen LogP contribution < -0.4 is 0 Å². The Hall–Kier alpha value is -0.240. The van der Waals surface area contributed by atoms with Gasteiger partial charge in [0.1, 0.15) is 0 Å². The van der Waals surface area contributed by atoms with Crippen LogP contribution in [0, 0.1) is 14.1 Å². The largest absolute Gasteiger partial charge is 0.254 e. The van der Waals surface area contributed by atoms with E-state index in [2.05, 4.69) is 68.1 Å². The Kier molecular flexibility index (Phi) is 3.55. The maximum atomic E-state index is 4.41. The molecule has 2 rings (SSSR count). The van der Waals surface area contributed by atoms with Crippen LogP contribution in [-0.4, -0.2) is 9.97 Å². The molecule has 0 bridgehead atoms. The summed E-state index contributed by atoms with van der Waals surface area (Å²) < 4.78 is 2.29. The van der Waals surface area contributed by atoms with Crippen LogP contribution in [-0.2, 0) is 0 Å². The van der Waals surface area contributed by atoms with Crippen LogP contribution in [0.1, 0.15) is 5.56 Å². The van der Waals surface area contributed by atoms with Gasteiger partial charge in [0.25, 0.3) is 0 Å². The average molecular weight is 422 g/mol. The van der Waals surface area contributed by atoms with Crippen LogP contribution in [0.3, 0.4) is 0 Å². The van der Waals surface area contributed by atoms with Gasteiger partial charge in [0, 0.05) is 19.5 Å². The molecule has 0 aliphatic carbocycles. The summed E-state index contributed by atoms with van der Waals surface area (Å²) >= 11 is 4.51. The van der Waals surface area contributed by atoms with E-state index < -0.39 is 0 Å². The van der Waals surface area contributed by atoms with Crippen LogP contribution in [0.5, 0.6) is 0 Å². The molecule has 0 fully saturated rings. The SMILES string of the molecule is Cc1cc(I)cnc1-c1ccc(I)cn1. The molecule has 2 nitrogen and oxygen atoms in total. The Morgan fingerprint density at radius 1 is 1.00 bits per heavy atom. The first-order valence-electron chi connectivity index (χ1n) is 4.41. The second-order valence-corrected chi connectivity index (χ2v) is 5.67. The fourth-order valence-electron chi connectivity index (χ4n) is 1.32. The van der Waals surface area contributed by atoms with E-state index in [9.17, 15) is 0 Å². The van der Waals surface area contributed by atoms with Gasteiger partial charge in [0.2, 0.25) is 0 Å². The van der Waals surface area contributed by atoms with E-state index in [-0.39, 0.29) is 0 Å². The Morgan fingerprint density at radius 3 is 2.33 bits per heavy atom. The number of hydrogen-bond acceptors (Lipinski definition) is 2. The van der Waals surface area contributed by atoms with Gasteiger partial charge in [0.15, 0.2) is 0 Å². The molecule has 76 valence electrons. The Labute approximate surface area is 116 Å². The molecule has 0 aromatic carbocycles. The first kappa shape index (κ1) is 11.3. The van der Waals surface area contributed by atoms with Crippen molar-refractivity contribution in [1.29, 1.82) is 0 Å². The smallest absolute Gasteiger partial charge is 0.0916 e. The fourth-order valence-corrected chi connectivity index (χ4v) is 2.25. The van der Waals surface area contributed by atoms with Crippen LogP contribution in [0.15, 0.2) is 30.6 Å². The lowest BCUT2D eigenvalue weighted by Gasteiger charge is -2.04. The third kappa shape index (κ3) is 2.66. The van der Waals surface area contributed by atoms with E-state index in [1.54, 1.807) is 0 Å². The lowest BCUT2D eigenvalue weighted by Crippen LogP contribution is -1.92. The molecule has 4 heteroatoms. The van der Waals surface area contributed by atoms with Gasteiger partial charge in [-0.25, -0.2) is 0 Å². The van der Waals surface area contributed by atoms with E-state index in [0.29, 0.717) is 0 Å². The summed E-state index contributed by atoms with van der Waals surface area (Å²) in [7, 11) is 0. The predicted molar refractivity (Wildman–Crippen MR) is 77.6 cm³/mol. The van der Waals surface area contributed by atoms with E-state index in [4.69, 9.17) is 0 Å². The minimum absolute atomic E-state index is 0.935. The summed E-state index contributed by atoms with van der Waals surface area (Å²) in [5, 5.41) is 0. The number of aromatic nitrogens is 2. The van der Waals surface area contributed by atoms with E-state index in [1.165, 1.54) is 0 Å². The quantitative estimate of drug-likeness (QED) is 0.656. The topological polar surface area (TPSA) is 25.8 Å². The Balaban J connectivity index is 2.49. The van der Waals surface area contributed by atoms with Crippen molar-refractivity contribution in [2.75, 3.05) is 0 Å². The molecule has 0 spiro atoms. The molecule has 0 saturated carbocycles. The van der Waals surface area contributed by atoms with E-state index >= 15 is 0 Å². The van der Waals surface area contributed by atoms with Gasteiger partial charge in [-0.1, -0.05) is 0 Å². The standard InChI is InChI=1S/C11H8I2N2/c1-7-4-9(13)6-15-11(7)10-3-2-8(12)5-14-10/h2-6H,1H3. The molecule has 2 heterocycles. The predicted octanol–water partition coefficient (Wildman–Crippen LogP) is 3.66. The van der Waals surface area contributed by atoms with Gasteiger partial charge in [-0.3, -0.25) is 9.97 Å². The maximum Gasteiger partial charge on any atom is 0.0916 e. The highest BCUT2D eigenvalue weighted by Gasteiger charge is 2.04. The summed E-state index contributed by atoms with van der Waals surface area (Å²) in [5.41, 5.74) is 3.06. The third-order valence-corrected chi connectivity index (χ3v) is 3.24. The van der Waals surface area contributed by atoms with Gasteiger partial charge in [-0.2, -0.15) is 0 Å². The highest BCUT2D eigenvalue weighted by Crippen LogP contribution is 2.20. The average Bonchev–Trinajstić information content (AvgIpc) is 2.20. The summed E-state index contributed by atoms with van der Waals surface area (Å²) in [4.78, 5) is 8.77. The second kappa shape index (κ2) is 4.73. The molecular formula is C11H8I2N2. The Bertz CT molecular complexity index is 480. The van der Waals surface area contributed by atoms with Crippen molar-refractivity contribution in [2.45, 2.75) is 6.92 Å². The minimum atomic E-state index is 0.935. The number of halogens is 2. The van der Waals surface area contributed by atoms with Crippen molar-refractivity contribution >= 4 is 45.2 Å². The van der Waals surface area contributed by atoms with Crippen LogP contribution in [0.25, 0.3) is 11.4 Å². The number of pyridine rings is 2. The van der Waals surface area contributed by atoms with Crippen molar-refractivity contribution in [3.05, 3.63) is 43.3 Å². The number of rotatable bonds is 1. The lowest BCUT2D eigenvalue weighted by atomic mass is 10.1. The van der Waals surface area contributed by atoms with Gasteiger partial charge < -0.3 is 0 Å². The van der Waals surface area contributed by atoms with E-state index in [0.717, 1.165) is 24.1 Å². The van der Waals surface area contributed by atoms with Crippen LogP contribution in [0.2, 0.25) is 0 Å². The van der Waals surface area contributed by atoms with Crippen molar-refractivity contribution in [3.63, 3.8) is 0 Å². The molecular weight excluding hydrogens is 414 g/mol. The zero-order valence-electron chi connectivity index (χ0n) is 8.04. The Morgan fingerprint density at radius 2 is 1.73 bits per heavy atom. The van der Waals surface area contributed by atoms with Gasteiger partial charge >= 0.3 is 0 Å². The lowest BCUT2D eigenvalue weighted by molar-refractivity contribution is 1.20. The summed E-state index contributed by atoms with van der Waals surface area (Å²) in [6.45, 7) is 2.06. The molecule has 0 aliphatic heterocycles. The normalized spacial score (nSPS) is 10.3. The summed E-state index contributed by atoms with van der Waals surface area (Å²) in [6.07, 6.45) is 3.72. The molecule has 0 atom stereocenters. The van der Waals surface area contributed by atoms with Crippen molar-refractivity contribution < 1.29 is 0 Å². The molecule has 15 heavy (non-hydrogen) atoms. The first-order valence-corrected chi connectivity index (χ1v) is 6.56. The zero-order valence-corrected chi connectivity index (χ0v) is 12.4. The first-order chi connectivity index (χ1) is 7.16. The summed E-state index contributed by atoms with van der Waals surface area (Å²) in [6, 6.07) is 6.16. The number of aryl methyl sites for hydroxylation is 1. The molecule has 0 saturated heterocycles. The molecule has 2 aromatic rings. The molecule has 0 radical (unpaired) electrons. The highest BCUT2D eigenvalue weighted by molar-refractivity contribution is 14.1. The van der Waals surface area contributed by atoms with Gasteiger partial charge in [0.05, 0.1) is 11.4 Å². The maximum absolute atomic E-state index is 4.41. The molecule has 0 amide bonds. The molecule has 0 unspecified atom stereocenters. The van der Waals surface area contributed by atoms with Crippen molar-refractivity contribution in [2.24, 2.45) is 0 Å². The van der Waals surface area contributed by atoms with Crippen molar-refractivity contribution in [3.8, 4) is 11.4 Å². The summed E-state index contributed by atoms with van der Waals surface area (Å²) in [5.74, 6) is 0. The number of nitrogens with zero attached hydrogens (tertiary/aromatic N) is 2. The van der Waals surface area contributed by atoms with E-state index in [1.807, 2.05) is 24.5 Å². The molecule has 0 aliphatic rings. The highest BCUT2D eigenvalue weighted by atomic mass is 127. The van der Waals surface area contributed by atoms with Crippen LogP contribution >= 0.6 is 45.2 Å². The van der Waals surface area contributed by atoms with Crippen molar-refractivity contribution in [1.82, 2.24) is 9.97 Å². The minimum Gasteiger partial charge on any atom is -0.254 e. The molecule has 2 aromatic heterocycles. The zero-order chi connectivity index (χ0) is 10.8. The van der Waals surface area contributed by atoms with Gasteiger partial charge in [-0.05, 0) is 75.9 Å². The monoisotopic (exact) mass is 422 g/mol. The molecule has 0 N–H and O–H groups in total.